The molecule has 0 unspecified atom stereocenters. The van der Waals surface area contributed by atoms with Gasteiger partial charge in [-0.15, -0.1) is 0 Å². The third-order valence-electron chi connectivity index (χ3n) is 4.01. The van der Waals surface area contributed by atoms with Crippen LogP contribution in [0.3, 0.4) is 0 Å². The molecule has 28 heavy (non-hydrogen) atoms. The monoisotopic (exact) mass is 383 g/mol. The third-order valence-corrected chi connectivity index (χ3v) is 4.01. The minimum atomic E-state index is -0.724. The van der Waals surface area contributed by atoms with Crippen LogP contribution in [0.25, 0.3) is 11.0 Å². The second kappa shape index (κ2) is 7.83. The number of phenols is 1. The number of carbonyl (C=O) groups is 2. The van der Waals surface area contributed by atoms with Gasteiger partial charge in [-0.1, -0.05) is 6.07 Å². The van der Waals surface area contributed by atoms with E-state index in [1.54, 1.807) is 19.1 Å². The predicted octanol–water partition coefficient (Wildman–Crippen LogP) is 2.61. The number of carbonyl (C=O) groups excluding carboxylic acids is 2. The Morgan fingerprint density at radius 2 is 1.96 bits per heavy atom. The predicted molar refractivity (Wildman–Crippen MR) is 101 cm³/mol. The number of phenolic OH excluding ortho intramolecular Hbond substituents is 1. The Labute approximate surface area is 159 Å². The molecule has 0 aliphatic carbocycles. The summed E-state index contributed by atoms with van der Waals surface area (Å²) in [6.45, 7) is 1.44. The van der Waals surface area contributed by atoms with Crippen LogP contribution in [0, 0.1) is 6.92 Å². The molecule has 0 saturated heterocycles. The molecule has 8 nitrogen and oxygen atoms in total. The number of methoxy groups -OCH3 is 1. The first-order valence-electron chi connectivity index (χ1n) is 8.26. The van der Waals surface area contributed by atoms with Crippen LogP contribution in [0.4, 0.5) is 5.69 Å². The van der Waals surface area contributed by atoms with Gasteiger partial charge in [0.25, 0.3) is 5.91 Å². The summed E-state index contributed by atoms with van der Waals surface area (Å²) in [6, 6.07) is 10.6. The maximum absolute atomic E-state index is 12.1. The van der Waals surface area contributed by atoms with Crippen molar-refractivity contribution < 1.29 is 28.6 Å². The van der Waals surface area contributed by atoms with E-state index >= 15 is 0 Å². The largest absolute Gasteiger partial charge is 0.505 e. The molecule has 0 saturated carbocycles. The molecule has 144 valence electrons. The Morgan fingerprint density at radius 3 is 2.71 bits per heavy atom. The van der Waals surface area contributed by atoms with Crippen molar-refractivity contribution in [2.24, 2.45) is 0 Å². The van der Waals surface area contributed by atoms with Crippen LogP contribution in [0.2, 0.25) is 0 Å². The number of amides is 1. The number of hydrogen-bond donors (Lipinski definition) is 2. The number of nitrogens with one attached hydrogen (secondary N) is 1. The molecule has 0 bridgehead atoms. The zero-order chi connectivity index (χ0) is 20.3. The Hall–Kier alpha value is -3.81. The highest BCUT2D eigenvalue weighted by Gasteiger charge is 2.16. The van der Waals surface area contributed by atoms with E-state index in [2.05, 4.69) is 10.1 Å². The third kappa shape index (κ3) is 3.96. The number of ether oxygens (including phenoxy) is 2. The molecule has 0 radical (unpaired) electrons. The van der Waals surface area contributed by atoms with Gasteiger partial charge in [0.1, 0.15) is 16.9 Å². The van der Waals surface area contributed by atoms with Crippen molar-refractivity contribution in [2.75, 3.05) is 19.0 Å². The van der Waals surface area contributed by atoms with Crippen molar-refractivity contribution in [3.63, 3.8) is 0 Å². The van der Waals surface area contributed by atoms with Gasteiger partial charge in [0.2, 0.25) is 0 Å². The maximum Gasteiger partial charge on any atom is 0.341 e. The normalized spacial score (nSPS) is 10.5. The highest BCUT2D eigenvalue weighted by molar-refractivity contribution is 5.99. The van der Waals surface area contributed by atoms with E-state index < -0.39 is 23.3 Å². The first-order chi connectivity index (χ1) is 13.4. The van der Waals surface area contributed by atoms with Gasteiger partial charge in [-0.25, -0.2) is 9.59 Å². The Kier molecular flexibility index (Phi) is 5.30. The molecule has 1 amide bonds. The summed E-state index contributed by atoms with van der Waals surface area (Å²) in [4.78, 5) is 35.2. The summed E-state index contributed by atoms with van der Waals surface area (Å²) in [5, 5.41) is 13.3. The molecule has 2 N–H and O–H groups in total. The van der Waals surface area contributed by atoms with Crippen LogP contribution in [0.1, 0.15) is 15.9 Å². The maximum atomic E-state index is 12.1. The first kappa shape index (κ1) is 19.0. The summed E-state index contributed by atoms with van der Waals surface area (Å²) < 4.78 is 15.1. The first-order valence-corrected chi connectivity index (χ1v) is 8.26. The fraction of sp³-hybridized carbons (Fsp3) is 0.150. The number of fused-ring (bicyclic) bond motifs is 1. The minimum absolute atomic E-state index is 0.0524. The molecule has 0 atom stereocenters. The number of anilines is 1. The van der Waals surface area contributed by atoms with Gasteiger partial charge < -0.3 is 24.3 Å². The van der Waals surface area contributed by atoms with Crippen LogP contribution in [-0.4, -0.2) is 30.7 Å². The summed E-state index contributed by atoms with van der Waals surface area (Å²) in [7, 11) is 1.19. The standard InChI is InChI=1S/C20H17NO7/c1-11-8-18(23)28-16-9-12(6-7-13(11)16)27-10-17(22)21-15-5-3-4-14(19(15)24)20(25)26-2/h3-9,24H,10H2,1-2H3,(H,21,22). The Balaban J connectivity index is 1.70. The number of hydrogen-bond acceptors (Lipinski definition) is 7. The van der Waals surface area contributed by atoms with E-state index in [9.17, 15) is 19.5 Å². The molecule has 0 fully saturated rings. The molecular weight excluding hydrogens is 366 g/mol. The van der Waals surface area contributed by atoms with E-state index in [0.29, 0.717) is 11.3 Å². The molecule has 1 heterocycles. The van der Waals surface area contributed by atoms with Gasteiger partial charge in [-0.2, -0.15) is 0 Å². The van der Waals surface area contributed by atoms with E-state index in [1.807, 2.05) is 0 Å². The number of benzene rings is 2. The summed E-state index contributed by atoms with van der Waals surface area (Å²) >= 11 is 0. The zero-order valence-corrected chi connectivity index (χ0v) is 15.1. The van der Waals surface area contributed by atoms with Crippen LogP contribution < -0.4 is 15.7 Å². The van der Waals surface area contributed by atoms with E-state index in [0.717, 1.165) is 10.9 Å². The quantitative estimate of drug-likeness (QED) is 0.395. The summed E-state index contributed by atoms with van der Waals surface area (Å²) in [5.74, 6) is -1.34. The second-order valence-electron chi connectivity index (χ2n) is 5.94. The summed E-state index contributed by atoms with van der Waals surface area (Å²) in [6.07, 6.45) is 0. The molecule has 2 aromatic carbocycles. The number of aromatic hydroxyl groups is 1. The molecule has 1 aromatic heterocycles. The van der Waals surface area contributed by atoms with Gasteiger partial charge in [-0.05, 0) is 36.8 Å². The number of esters is 1. The lowest BCUT2D eigenvalue weighted by Crippen LogP contribution is -2.20. The van der Waals surface area contributed by atoms with Crippen molar-refractivity contribution in [1.29, 1.82) is 0 Å². The van der Waals surface area contributed by atoms with Gasteiger partial charge in [0, 0.05) is 17.5 Å². The zero-order valence-electron chi connectivity index (χ0n) is 15.1. The van der Waals surface area contributed by atoms with Crippen LogP contribution in [0.15, 0.2) is 51.7 Å². The average molecular weight is 383 g/mol. The number of para-hydroxylation sites is 1. The van der Waals surface area contributed by atoms with Gasteiger partial charge in [-0.3, -0.25) is 4.79 Å². The molecular formula is C20H17NO7. The van der Waals surface area contributed by atoms with Crippen LogP contribution in [-0.2, 0) is 9.53 Å². The molecule has 8 heteroatoms. The van der Waals surface area contributed by atoms with Gasteiger partial charge in [0.15, 0.2) is 12.4 Å². The Morgan fingerprint density at radius 1 is 1.18 bits per heavy atom. The molecule has 0 aliphatic heterocycles. The smallest absolute Gasteiger partial charge is 0.341 e. The van der Waals surface area contributed by atoms with Crippen molar-refractivity contribution >= 4 is 28.5 Å². The van der Waals surface area contributed by atoms with Gasteiger partial charge >= 0.3 is 11.6 Å². The lowest BCUT2D eigenvalue weighted by molar-refractivity contribution is -0.118. The van der Waals surface area contributed by atoms with E-state index in [-0.39, 0.29) is 17.9 Å². The fourth-order valence-corrected chi connectivity index (χ4v) is 2.65. The second-order valence-corrected chi connectivity index (χ2v) is 5.94. The highest BCUT2D eigenvalue weighted by Crippen LogP contribution is 2.28. The Bertz CT molecular complexity index is 1120. The molecule has 0 spiro atoms. The molecule has 0 aliphatic rings. The van der Waals surface area contributed by atoms with Gasteiger partial charge in [0.05, 0.1) is 12.8 Å². The SMILES string of the molecule is COC(=O)c1cccc(NC(=O)COc2ccc3c(C)cc(=O)oc3c2)c1O. The van der Waals surface area contributed by atoms with Crippen LogP contribution in [0.5, 0.6) is 11.5 Å². The van der Waals surface area contributed by atoms with Crippen molar-refractivity contribution in [3.05, 3.63) is 64.0 Å². The topological polar surface area (TPSA) is 115 Å². The molecule has 3 rings (SSSR count). The van der Waals surface area contributed by atoms with Crippen LogP contribution >= 0.6 is 0 Å². The van der Waals surface area contributed by atoms with E-state index in [4.69, 9.17) is 9.15 Å². The number of aryl methyl sites for hydroxylation is 1. The van der Waals surface area contributed by atoms with Crippen molar-refractivity contribution in [3.8, 4) is 11.5 Å². The minimum Gasteiger partial charge on any atom is -0.505 e. The molecule has 3 aromatic rings. The van der Waals surface area contributed by atoms with Crippen molar-refractivity contribution in [2.45, 2.75) is 6.92 Å². The van der Waals surface area contributed by atoms with Crippen molar-refractivity contribution in [1.82, 2.24) is 0 Å². The van der Waals surface area contributed by atoms with E-state index in [1.165, 1.54) is 37.4 Å². The fourth-order valence-electron chi connectivity index (χ4n) is 2.65. The summed E-state index contributed by atoms with van der Waals surface area (Å²) in [5.41, 5.74) is 0.640. The highest BCUT2D eigenvalue weighted by atomic mass is 16.5. The lowest BCUT2D eigenvalue weighted by atomic mass is 10.1. The average Bonchev–Trinajstić information content (AvgIpc) is 2.67. The number of rotatable bonds is 5. The lowest BCUT2D eigenvalue weighted by Gasteiger charge is -2.11.